The monoisotopic (exact) mass is 586 g/mol. The van der Waals surface area contributed by atoms with Crippen molar-refractivity contribution < 1.29 is 13.2 Å². The van der Waals surface area contributed by atoms with E-state index in [0.717, 1.165) is 44.5 Å². The molecule has 1 aliphatic carbocycles. The third-order valence-corrected chi connectivity index (χ3v) is 9.42. The van der Waals surface area contributed by atoms with Crippen LogP contribution in [0.5, 0.6) is 5.75 Å². The highest BCUT2D eigenvalue weighted by Gasteiger charge is 2.31. The van der Waals surface area contributed by atoms with Crippen LogP contribution in [0, 0.1) is 0 Å². The van der Waals surface area contributed by atoms with Crippen molar-refractivity contribution in [3.8, 4) is 5.75 Å². The third-order valence-electron chi connectivity index (χ3n) is 6.82. The Morgan fingerprint density at radius 3 is 2.58 bits per heavy atom. The fourth-order valence-electron chi connectivity index (χ4n) is 4.77. The first-order valence-electron chi connectivity index (χ1n) is 13.8. The minimum atomic E-state index is -3.50. The molecule has 0 aliphatic heterocycles. The highest BCUT2D eigenvalue weighted by atomic mass is 35.5. The van der Waals surface area contributed by atoms with Gasteiger partial charge in [-0.25, -0.2) is 13.4 Å². The summed E-state index contributed by atoms with van der Waals surface area (Å²) in [5.74, 6) is 1.27. The maximum atomic E-state index is 13.5. The minimum Gasteiger partial charge on any atom is -0.492 e. The average Bonchev–Trinajstić information content (AvgIpc) is 2.95. The van der Waals surface area contributed by atoms with Crippen molar-refractivity contribution in [3.63, 3.8) is 0 Å². The number of halogens is 1. The molecule has 3 N–H and O–H groups in total. The number of nitrogens with zero attached hydrogens (tertiary/aromatic N) is 3. The second-order valence-electron chi connectivity index (χ2n) is 10.2. The van der Waals surface area contributed by atoms with Crippen LogP contribution in [-0.4, -0.2) is 62.3 Å². The number of aromatic nitrogens is 2. The van der Waals surface area contributed by atoms with Crippen LogP contribution in [0.3, 0.4) is 0 Å². The third kappa shape index (κ3) is 7.77. The molecule has 40 heavy (non-hydrogen) atoms. The van der Waals surface area contributed by atoms with Crippen molar-refractivity contribution in [2.24, 2.45) is 0 Å². The Morgan fingerprint density at radius 2 is 1.82 bits per heavy atom. The quantitative estimate of drug-likeness (QED) is 0.194. The van der Waals surface area contributed by atoms with E-state index in [9.17, 15) is 8.42 Å². The van der Waals surface area contributed by atoms with Crippen molar-refractivity contribution in [3.05, 3.63) is 53.7 Å². The van der Waals surface area contributed by atoms with Gasteiger partial charge in [0.25, 0.3) is 0 Å². The normalized spacial score (nSPS) is 14.2. The zero-order valence-corrected chi connectivity index (χ0v) is 25.0. The van der Waals surface area contributed by atoms with Crippen molar-refractivity contribution in [1.82, 2.24) is 14.9 Å². The number of ether oxygens (including phenoxy) is 1. The molecule has 11 heteroatoms. The van der Waals surface area contributed by atoms with Crippen LogP contribution in [0.4, 0.5) is 28.8 Å². The maximum Gasteiger partial charge on any atom is 0.229 e. The van der Waals surface area contributed by atoms with E-state index < -0.39 is 9.84 Å². The number of benzene rings is 2. The Balaban J connectivity index is 1.53. The van der Waals surface area contributed by atoms with Crippen LogP contribution < -0.4 is 20.7 Å². The molecule has 1 aromatic heterocycles. The van der Waals surface area contributed by atoms with Gasteiger partial charge in [0.1, 0.15) is 10.8 Å². The van der Waals surface area contributed by atoms with Gasteiger partial charge in [-0.15, -0.1) is 0 Å². The summed E-state index contributed by atoms with van der Waals surface area (Å²) in [6, 6.07) is 12.7. The van der Waals surface area contributed by atoms with E-state index in [2.05, 4.69) is 44.9 Å². The van der Waals surface area contributed by atoms with Gasteiger partial charge in [0, 0.05) is 18.3 Å². The van der Waals surface area contributed by atoms with Crippen molar-refractivity contribution in [1.29, 1.82) is 0 Å². The predicted molar refractivity (Wildman–Crippen MR) is 163 cm³/mol. The second-order valence-corrected chi connectivity index (χ2v) is 12.8. The highest BCUT2D eigenvalue weighted by Crippen LogP contribution is 2.35. The van der Waals surface area contributed by atoms with Crippen molar-refractivity contribution in [2.75, 3.05) is 49.7 Å². The van der Waals surface area contributed by atoms with Crippen LogP contribution in [0.15, 0.2) is 53.6 Å². The molecule has 0 atom stereocenters. The van der Waals surface area contributed by atoms with E-state index in [1.807, 2.05) is 25.1 Å². The molecule has 0 amide bonds. The zero-order chi connectivity index (χ0) is 28.5. The molecule has 1 aliphatic rings. The van der Waals surface area contributed by atoms with Gasteiger partial charge in [-0.2, -0.15) is 4.98 Å². The lowest BCUT2D eigenvalue weighted by Crippen LogP contribution is -2.24. The van der Waals surface area contributed by atoms with E-state index in [1.165, 1.54) is 6.20 Å². The molecule has 0 unspecified atom stereocenters. The molecule has 0 spiro atoms. The van der Waals surface area contributed by atoms with E-state index in [0.29, 0.717) is 48.3 Å². The number of rotatable bonds is 13. The molecular formula is C29H39ClN6O3S. The molecule has 216 valence electrons. The smallest absolute Gasteiger partial charge is 0.229 e. The van der Waals surface area contributed by atoms with Crippen LogP contribution in [0.2, 0.25) is 5.02 Å². The van der Waals surface area contributed by atoms with E-state index in [4.69, 9.17) is 16.3 Å². The molecule has 0 radical (unpaired) electrons. The fourth-order valence-corrected chi connectivity index (χ4v) is 6.92. The van der Waals surface area contributed by atoms with Gasteiger partial charge >= 0.3 is 0 Å². The van der Waals surface area contributed by atoms with Gasteiger partial charge in [-0.05, 0) is 71.1 Å². The predicted octanol–water partition coefficient (Wildman–Crippen LogP) is 6.49. The van der Waals surface area contributed by atoms with Gasteiger partial charge in [0.2, 0.25) is 5.95 Å². The Kier molecular flexibility index (Phi) is 10.5. The Hall–Kier alpha value is -3.08. The molecule has 4 rings (SSSR count). The number of sulfone groups is 1. The molecule has 1 heterocycles. The summed E-state index contributed by atoms with van der Waals surface area (Å²) >= 11 is 6.45. The molecule has 2 aromatic carbocycles. The van der Waals surface area contributed by atoms with Crippen molar-refractivity contribution >= 4 is 50.3 Å². The maximum absolute atomic E-state index is 13.5. The summed E-state index contributed by atoms with van der Waals surface area (Å²) in [5, 5.41) is 9.71. The summed E-state index contributed by atoms with van der Waals surface area (Å²) in [6.45, 7) is 4.29. The first-order valence-corrected chi connectivity index (χ1v) is 15.8. The van der Waals surface area contributed by atoms with E-state index in [1.54, 1.807) is 24.3 Å². The zero-order valence-electron chi connectivity index (χ0n) is 23.4. The van der Waals surface area contributed by atoms with E-state index >= 15 is 0 Å². The second kappa shape index (κ2) is 14.0. The Morgan fingerprint density at radius 1 is 1.05 bits per heavy atom. The lowest BCUT2D eigenvalue weighted by atomic mass is 10.0. The first-order chi connectivity index (χ1) is 19.3. The number of hydrogen-bond donors (Lipinski definition) is 3. The fraction of sp³-hybridized carbons (Fsp3) is 0.448. The summed E-state index contributed by atoms with van der Waals surface area (Å²) in [5.41, 5.74) is 2.11. The highest BCUT2D eigenvalue weighted by molar-refractivity contribution is 7.92. The van der Waals surface area contributed by atoms with Crippen LogP contribution in [0.1, 0.15) is 45.4 Å². The Bertz CT molecular complexity index is 1380. The van der Waals surface area contributed by atoms with Crippen LogP contribution >= 0.6 is 11.6 Å². The topological polar surface area (TPSA) is 108 Å². The number of anilines is 5. The van der Waals surface area contributed by atoms with Gasteiger partial charge in [0.05, 0.1) is 34.3 Å². The van der Waals surface area contributed by atoms with E-state index in [-0.39, 0.29) is 15.2 Å². The number of hydrogen-bond acceptors (Lipinski definition) is 9. The standard InChI is InChI=1S/C29H39ClN6O3S/c1-4-39-26-19-21(31-17-10-18-36(2)3)15-16-24(26)34-29-32-20-23(30)28(35-29)33-25-13-8-9-14-27(25)40(37,38)22-11-6-5-7-12-22/h8-9,13-16,19-20,22,31H,4-7,10-12,17-18H2,1-3H3,(H2,32,33,34,35). The van der Waals surface area contributed by atoms with Crippen molar-refractivity contribution in [2.45, 2.75) is 55.6 Å². The molecule has 3 aromatic rings. The first kappa shape index (κ1) is 29.9. The summed E-state index contributed by atoms with van der Waals surface area (Å²) in [6.07, 6.45) is 6.83. The molecular weight excluding hydrogens is 548 g/mol. The molecule has 9 nitrogen and oxygen atoms in total. The molecule has 1 fully saturated rings. The summed E-state index contributed by atoms with van der Waals surface area (Å²) < 4.78 is 32.9. The van der Waals surface area contributed by atoms with Crippen LogP contribution in [0.25, 0.3) is 0 Å². The Labute approximate surface area is 242 Å². The lowest BCUT2D eigenvalue weighted by molar-refractivity contribution is 0.342. The molecule has 0 saturated heterocycles. The van der Waals surface area contributed by atoms with Gasteiger partial charge < -0.3 is 25.6 Å². The number of para-hydroxylation sites is 1. The average molecular weight is 587 g/mol. The van der Waals surface area contributed by atoms with Gasteiger partial charge in [-0.3, -0.25) is 0 Å². The van der Waals surface area contributed by atoms with Crippen LogP contribution in [-0.2, 0) is 9.84 Å². The SMILES string of the molecule is CCOc1cc(NCCCN(C)C)ccc1Nc1ncc(Cl)c(Nc2ccccc2S(=O)(=O)C2CCCCC2)n1. The molecule has 1 saturated carbocycles. The molecule has 0 bridgehead atoms. The number of nitrogens with one attached hydrogen (secondary N) is 3. The lowest BCUT2D eigenvalue weighted by Gasteiger charge is -2.23. The van der Waals surface area contributed by atoms with Gasteiger partial charge in [-0.1, -0.05) is 43.0 Å². The van der Waals surface area contributed by atoms with Gasteiger partial charge in [0.15, 0.2) is 15.7 Å². The summed E-state index contributed by atoms with van der Waals surface area (Å²) in [4.78, 5) is 11.3. The minimum absolute atomic E-state index is 0.262. The summed E-state index contributed by atoms with van der Waals surface area (Å²) in [7, 11) is 0.619. The largest absolute Gasteiger partial charge is 0.492 e.